The molecular formula is C58H41N. The summed E-state index contributed by atoms with van der Waals surface area (Å²) in [7, 11) is 0. The maximum Gasteiger partial charge on any atom is 0.0726 e. The molecule has 0 saturated carbocycles. The van der Waals surface area contributed by atoms with Gasteiger partial charge in [0.05, 0.1) is 5.41 Å². The van der Waals surface area contributed by atoms with Gasteiger partial charge in [0.25, 0.3) is 0 Å². The minimum absolute atomic E-state index is 0.123. The van der Waals surface area contributed by atoms with E-state index in [-0.39, 0.29) is 5.41 Å². The fraction of sp³-hybridized carbons (Fsp3) is 0.0690. The van der Waals surface area contributed by atoms with E-state index in [4.69, 9.17) is 0 Å². The first kappa shape index (κ1) is 33.9. The maximum atomic E-state index is 2.51. The number of hydrogen-bond acceptors (Lipinski definition) is 1. The zero-order valence-electron chi connectivity index (χ0n) is 33.2. The molecule has 1 heteroatoms. The van der Waals surface area contributed by atoms with Gasteiger partial charge in [-0.3, -0.25) is 0 Å². The van der Waals surface area contributed by atoms with Crippen LogP contribution in [0.3, 0.4) is 0 Å². The van der Waals surface area contributed by atoms with Crippen LogP contribution in [-0.4, -0.2) is 0 Å². The van der Waals surface area contributed by atoms with Gasteiger partial charge in [-0.15, -0.1) is 0 Å². The molecule has 0 bridgehead atoms. The summed E-state index contributed by atoms with van der Waals surface area (Å²) in [6, 6.07) is 79.2. The van der Waals surface area contributed by atoms with Gasteiger partial charge in [-0.25, -0.2) is 0 Å². The monoisotopic (exact) mass is 751 g/mol. The number of anilines is 3. The van der Waals surface area contributed by atoms with E-state index in [1.54, 1.807) is 0 Å². The minimum atomic E-state index is -0.483. The van der Waals surface area contributed by atoms with Crippen molar-refractivity contribution in [3.05, 3.63) is 246 Å². The fourth-order valence-corrected chi connectivity index (χ4v) is 10.9. The van der Waals surface area contributed by atoms with Gasteiger partial charge in [0.1, 0.15) is 0 Å². The van der Waals surface area contributed by atoms with Crippen molar-refractivity contribution in [1.29, 1.82) is 0 Å². The minimum Gasteiger partial charge on any atom is -0.310 e. The molecule has 1 unspecified atom stereocenters. The lowest BCUT2D eigenvalue weighted by Gasteiger charge is -2.32. The highest BCUT2D eigenvalue weighted by atomic mass is 15.1. The van der Waals surface area contributed by atoms with Crippen LogP contribution >= 0.6 is 0 Å². The Morgan fingerprint density at radius 2 is 0.729 bits per heavy atom. The van der Waals surface area contributed by atoms with Gasteiger partial charge in [-0.2, -0.15) is 0 Å². The molecule has 59 heavy (non-hydrogen) atoms. The van der Waals surface area contributed by atoms with Crippen LogP contribution in [0.5, 0.6) is 0 Å². The predicted molar refractivity (Wildman–Crippen MR) is 246 cm³/mol. The first-order valence-electron chi connectivity index (χ1n) is 20.8. The normalized spacial score (nSPS) is 15.8. The Hall–Kier alpha value is -7.22. The molecule has 0 saturated heterocycles. The van der Waals surface area contributed by atoms with Crippen LogP contribution in [-0.2, 0) is 10.8 Å². The number of benzene rings is 9. The molecule has 0 amide bonds. The molecule has 9 aromatic rings. The van der Waals surface area contributed by atoms with E-state index in [2.05, 4.69) is 231 Å². The number of nitrogens with zero attached hydrogens (tertiary/aromatic N) is 1. The summed E-state index contributed by atoms with van der Waals surface area (Å²) in [5, 5.41) is 0. The third kappa shape index (κ3) is 4.73. The summed E-state index contributed by atoms with van der Waals surface area (Å²) in [5.41, 5.74) is 23.8. The topological polar surface area (TPSA) is 3.24 Å². The van der Waals surface area contributed by atoms with Crippen LogP contribution in [0.4, 0.5) is 17.1 Å². The van der Waals surface area contributed by atoms with E-state index < -0.39 is 5.41 Å². The van der Waals surface area contributed by atoms with Crippen molar-refractivity contribution < 1.29 is 0 Å². The van der Waals surface area contributed by atoms with Crippen LogP contribution in [0.1, 0.15) is 47.2 Å². The molecule has 1 nitrogen and oxygen atoms in total. The van der Waals surface area contributed by atoms with Crippen molar-refractivity contribution in [1.82, 2.24) is 0 Å². The van der Waals surface area contributed by atoms with Crippen molar-refractivity contribution in [3.63, 3.8) is 0 Å². The molecule has 278 valence electrons. The molecule has 0 fully saturated rings. The summed E-state index contributed by atoms with van der Waals surface area (Å²) >= 11 is 0. The van der Waals surface area contributed by atoms with Gasteiger partial charge in [0.2, 0.25) is 0 Å². The van der Waals surface area contributed by atoms with E-state index in [0.29, 0.717) is 0 Å². The fourth-order valence-electron chi connectivity index (χ4n) is 10.9. The highest BCUT2D eigenvalue weighted by Crippen LogP contribution is 2.64. The Morgan fingerprint density at radius 3 is 1.41 bits per heavy atom. The molecule has 9 aromatic carbocycles. The van der Waals surface area contributed by atoms with Gasteiger partial charge in [0, 0.05) is 22.5 Å². The first-order chi connectivity index (χ1) is 29.0. The first-order valence-corrected chi connectivity index (χ1v) is 20.8. The molecule has 0 aromatic heterocycles. The quantitative estimate of drug-likeness (QED) is 0.169. The summed E-state index contributed by atoms with van der Waals surface area (Å²) in [6.07, 6.45) is 0. The summed E-state index contributed by atoms with van der Waals surface area (Å²) in [6.45, 7) is 4.74. The molecule has 3 aliphatic carbocycles. The van der Waals surface area contributed by atoms with E-state index in [1.807, 2.05) is 0 Å². The Morgan fingerprint density at radius 1 is 0.288 bits per heavy atom. The Bertz CT molecular complexity index is 3120. The largest absolute Gasteiger partial charge is 0.310 e. The van der Waals surface area contributed by atoms with Crippen molar-refractivity contribution >= 4 is 17.1 Å². The Labute approximate surface area is 346 Å². The number of rotatable bonds is 5. The van der Waals surface area contributed by atoms with Crippen LogP contribution in [0.25, 0.3) is 55.6 Å². The second-order valence-electron chi connectivity index (χ2n) is 16.8. The van der Waals surface area contributed by atoms with E-state index >= 15 is 0 Å². The van der Waals surface area contributed by atoms with Crippen LogP contribution in [0.2, 0.25) is 0 Å². The average Bonchev–Trinajstić information content (AvgIpc) is 3.86. The van der Waals surface area contributed by atoms with Gasteiger partial charge >= 0.3 is 0 Å². The maximum absolute atomic E-state index is 2.51. The Kier molecular flexibility index (Phi) is 7.26. The van der Waals surface area contributed by atoms with E-state index in [9.17, 15) is 0 Å². The van der Waals surface area contributed by atoms with Crippen molar-refractivity contribution in [3.8, 4) is 55.6 Å². The zero-order valence-corrected chi connectivity index (χ0v) is 33.2. The third-order valence-electron chi connectivity index (χ3n) is 13.5. The van der Waals surface area contributed by atoms with E-state index in [0.717, 1.165) is 17.1 Å². The van der Waals surface area contributed by atoms with Crippen molar-refractivity contribution in [2.24, 2.45) is 0 Å². The zero-order chi connectivity index (χ0) is 39.3. The average molecular weight is 752 g/mol. The lowest BCUT2D eigenvalue weighted by atomic mass is 9.70. The van der Waals surface area contributed by atoms with Crippen LogP contribution in [0.15, 0.2) is 212 Å². The summed E-state index contributed by atoms with van der Waals surface area (Å²) in [4.78, 5) is 2.48. The Balaban J connectivity index is 1.10. The van der Waals surface area contributed by atoms with Crippen LogP contribution < -0.4 is 4.90 Å². The second-order valence-corrected chi connectivity index (χ2v) is 16.8. The molecule has 3 aliphatic rings. The number of fused-ring (bicyclic) bond motifs is 13. The lowest BCUT2D eigenvalue weighted by Crippen LogP contribution is -2.26. The van der Waals surface area contributed by atoms with Gasteiger partial charge in [-0.05, 0) is 125 Å². The van der Waals surface area contributed by atoms with Gasteiger partial charge in [-0.1, -0.05) is 190 Å². The lowest BCUT2D eigenvalue weighted by molar-refractivity contribution is 0.660. The third-order valence-corrected chi connectivity index (χ3v) is 13.5. The molecule has 0 radical (unpaired) electrons. The molecule has 0 N–H and O–H groups in total. The molecule has 1 atom stereocenters. The molecule has 12 rings (SSSR count). The standard InChI is InChI=1S/C58H41N/c1-57(2)50-24-12-9-20-45(50)47-34-32-42(36-54(47)57)59(41-30-28-39(29-31-41)38-16-5-3-6-17-38)43-33-35-48-46-21-10-13-25-51(46)58(55(48)37-43)52-26-14-11-22-49(52)56-44(23-15-27-53(56)58)40-18-7-4-8-19-40/h3-37H,1-2H3. The molecule has 0 aliphatic heterocycles. The van der Waals surface area contributed by atoms with Crippen molar-refractivity contribution in [2.75, 3.05) is 4.90 Å². The van der Waals surface area contributed by atoms with Crippen molar-refractivity contribution in [2.45, 2.75) is 24.7 Å². The highest BCUT2D eigenvalue weighted by molar-refractivity contribution is 6.00. The SMILES string of the molecule is CC1(C)c2ccccc2-c2ccc(N(c3ccc(-c4ccccc4)cc3)c3ccc4c(c3)C3(c5ccccc5-4)c4ccccc4-c4c(-c5ccccc5)cccc43)cc21. The number of hydrogen-bond donors (Lipinski definition) is 0. The predicted octanol–water partition coefficient (Wildman–Crippen LogP) is 15.1. The molecular weight excluding hydrogens is 711 g/mol. The molecule has 0 heterocycles. The highest BCUT2D eigenvalue weighted by Gasteiger charge is 2.52. The summed E-state index contributed by atoms with van der Waals surface area (Å²) in [5.74, 6) is 0. The second kappa shape index (κ2) is 12.6. The van der Waals surface area contributed by atoms with E-state index in [1.165, 1.54) is 89.0 Å². The summed E-state index contributed by atoms with van der Waals surface area (Å²) < 4.78 is 0. The van der Waals surface area contributed by atoms with Crippen LogP contribution in [0, 0.1) is 0 Å². The van der Waals surface area contributed by atoms with Gasteiger partial charge in [0.15, 0.2) is 0 Å². The van der Waals surface area contributed by atoms with Gasteiger partial charge < -0.3 is 4.90 Å². The smallest absolute Gasteiger partial charge is 0.0726 e. The molecule has 1 spiro atoms.